The van der Waals surface area contributed by atoms with Crippen molar-refractivity contribution in [3.8, 4) is 0 Å². The zero-order valence-electron chi connectivity index (χ0n) is 12.6. The first-order valence-electron chi connectivity index (χ1n) is 8.00. The molecule has 1 nitrogen and oxygen atoms in total. The predicted molar refractivity (Wildman–Crippen MR) is 83.5 cm³/mol. The van der Waals surface area contributed by atoms with Gasteiger partial charge in [0.1, 0.15) is 0 Å². The highest BCUT2D eigenvalue weighted by Gasteiger charge is 2.17. The fraction of sp³-hybridized carbons (Fsp3) is 0.667. The molecule has 106 valence electrons. The second-order valence-corrected chi connectivity index (χ2v) is 6.27. The average Bonchev–Trinajstić information content (AvgIpc) is 2.66. The van der Waals surface area contributed by atoms with Crippen LogP contribution >= 0.6 is 0 Å². The quantitative estimate of drug-likeness (QED) is 0.768. The largest absolute Gasteiger partial charge is 0.317 e. The van der Waals surface area contributed by atoms with Gasteiger partial charge in [-0.1, -0.05) is 68.4 Å². The first-order valence-corrected chi connectivity index (χ1v) is 8.00. The molecule has 0 amide bonds. The van der Waals surface area contributed by atoms with Crippen LogP contribution in [0.5, 0.6) is 0 Å². The molecule has 1 aliphatic carbocycles. The lowest BCUT2D eigenvalue weighted by atomic mass is 9.90. The van der Waals surface area contributed by atoms with Gasteiger partial charge in [-0.05, 0) is 38.3 Å². The van der Waals surface area contributed by atoms with Crippen LogP contribution in [0.3, 0.4) is 0 Å². The van der Waals surface area contributed by atoms with Gasteiger partial charge in [0.2, 0.25) is 0 Å². The molecule has 1 N–H and O–H groups in total. The van der Waals surface area contributed by atoms with Crippen molar-refractivity contribution in [3.63, 3.8) is 0 Å². The highest BCUT2D eigenvalue weighted by atomic mass is 14.9. The molecule has 0 bridgehead atoms. The Balaban J connectivity index is 1.88. The first-order chi connectivity index (χ1) is 9.28. The lowest BCUT2D eigenvalue weighted by Crippen LogP contribution is -2.30. The molecule has 1 unspecified atom stereocenters. The van der Waals surface area contributed by atoms with Crippen molar-refractivity contribution in [3.05, 3.63) is 35.4 Å². The van der Waals surface area contributed by atoms with E-state index in [4.69, 9.17) is 0 Å². The molecule has 1 aromatic rings. The fourth-order valence-corrected chi connectivity index (χ4v) is 3.43. The van der Waals surface area contributed by atoms with Gasteiger partial charge in [-0.3, -0.25) is 0 Å². The number of hydrogen-bond acceptors (Lipinski definition) is 1. The molecule has 19 heavy (non-hydrogen) atoms. The summed E-state index contributed by atoms with van der Waals surface area (Å²) in [7, 11) is 2.12. The van der Waals surface area contributed by atoms with Crippen LogP contribution in [0.25, 0.3) is 0 Å². The van der Waals surface area contributed by atoms with Crippen LogP contribution in [0.15, 0.2) is 24.3 Å². The van der Waals surface area contributed by atoms with Gasteiger partial charge in [0.25, 0.3) is 0 Å². The van der Waals surface area contributed by atoms with Crippen LogP contribution < -0.4 is 5.32 Å². The van der Waals surface area contributed by atoms with Gasteiger partial charge in [0.15, 0.2) is 0 Å². The van der Waals surface area contributed by atoms with Gasteiger partial charge in [0.05, 0.1) is 0 Å². The third-order valence-corrected chi connectivity index (χ3v) is 4.57. The van der Waals surface area contributed by atoms with E-state index in [2.05, 4.69) is 43.6 Å². The van der Waals surface area contributed by atoms with Gasteiger partial charge in [-0.2, -0.15) is 0 Å². The van der Waals surface area contributed by atoms with Crippen LogP contribution in [-0.2, 0) is 6.42 Å². The van der Waals surface area contributed by atoms with E-state index in [1.54, 1.807) is 0 Å². The molecule has 1 aromatic carbocycles. The highest BCUT2D eigenvalue weighted by Crippen LogP contribution is 2.27. The molecule has 1 fully saturated rings. The Kier molecular flexibility index (Phi) is 5.91. The summed E-state index contributed by atoms with van der Waals surface area (Å²) < 4.78 is 0. The molecular formula is C18H29N. The second-order valence-electron chi connectivity index (χ2n) is 6.27. The van der Waals surface area contributed by atoms with Gasteiger partial charge < -0.3 is 5.32 Å². The Hall–Kier alpha value is -0.820. The van der Waals surface area contributed by atoms with Crippen LogP contribution in [0, 0.1) is 12.8 Å². The molecule has 0 radical (unpaired) electrons. The molecule has 2 rings (SSSR count). The Morgan fingerprint density at radius 1 is 1.16 bits per heavy atom. The minimum atomic E-state index is 0.643. The molecular weight excluding hydrogens is 230 g/mol. The van der Waals surface area contributed by atoms with E-state index in [1.807, 2.05) is 0 Å². The van der Waals surface area contributed by atoms with Gasteiger partial charge in [-0.25, -0.2) is 0 Å². The molecule has 0 aromatic heterocycles. The van der Waals surface area contributed by atoms with Crippen LogP contribution in [0.1, 0.15) is 56.1 Å². The van der Waals surface area contributed by atoms with Crippen molar-refractivity contribution in [1.29, 1.82) is 0 Å². The van der Waals surface area contributed by atoms with E-state index in [0.717, 1.165) is 5.92 Å². The lowest BCUT2D eigenvalue weighted by Gasteiger charge is -2.22. The molecule has 0 aliphatic heterocycles. The summed E-state index contributed by atoms with van der Waals surface area (Å²) in [6.45, 7) is 2.18. The van der Waals surface area contributed by atoms with Crippen LogP contribution in [0.2, 0.25) is 0 Å². The van der Waals surface area contributed by atoms with Gasteiger partial charge in [0, 0.05) is 6.04 Å². The number of nitrogens with one attached hydrogen (secondary N) is 1. The lowest BCUT2D eigenvalue weighted by molar-refractivity contribution is 0.361. The van der Waals surface area contributed by atoms with E-state index in [-0.39, 0.29) is 0 Å². The highest BCUT2D eigenvalue weighted by molar-refractivity contribution is 5.23. The molecule has 0 saturated heterocycles. The number of rotatable bonds is 5. The number of benzene rings is 1. The first kappa shape index (κ1) is 14.6. The maximum absolute atomic E-state index is 3.54. The fourth-order valence-electron chi connectivity index (χ4n) is 3.43. The van der Waals surface area contributed by atoms with Gasteiger partial charge >= 0.3 is 0 Å². The molecule has 1 heteroatoms. The van der Waals surface area contributed by atoms with E-state index < -0.39 is 0 Å². The minimum Gasteiger partial charge on any atom is -0.317 e. The number of likely N-dealkylation sites (N-methyl/N-ethyl adjacent to an activating group) is 1. The Morgan fingerprint density at radius 3 is 2.53 bits per heavy atom. The Labute approximate surface area is 118 Å². The third-order valence-electron chi connectivity index (χ3n) is 4.57. The third kappa shape index (κ3) is 4.99. The van der Waals surface area contributed by atoms with E-state index in [1.165, 1.54) is 62.5 Å². The summed E-state index contributed by atoms with van der Waals surface area (Å²) in [5.41, 5.74) is 2.86. The summed E-state index contributed by atoms with van der Waals surface area (Å²) in [4.78, 5) is 0. The zero-order valence-corrected chi connectivity index (χ0v) is 12.6. The molecule has 0 spiro atoms. The molecule has 0 heterocycles. The summed E-state index contributed by atoms with van der Waals surface area (Å²) in [5, 5.41) is 3.54. The van der Waals surface area contributed by atoms with Crippen LogP contribution in [0.4, 0.5) is 0 Å². The summed E-state index contributed by atoms with van der Waals surface area (Å²) >= 11 is 0. The summed E-state index contributed by atoms with van der Waals surface area (Å²) in [6, 6.07) is 9.61. The van der Waals surface area contributed by atoms with E-state index >= 15 is 0 Å². The Bertz CT molecular complexity index is 364. The summed E-state index contributed by atoms with van der Waals surface area (Å²) in [5.74, 6) is 0.949. The van der Waals surface area contributed by atoms with Crippen molar-refractivity contribution in [2.75, 3.05) is 7.05 Å². The van der Waals surface area contributed by atoms with Crippen molar-refractivity contribution < 1.29 is 0 Å². The maximum Gasteiger partial charge on any atom is 0.0107 e. The van der Waals surface area contributed by atoms with Crippen molar-refractivity contribution >= 4 is 0 Å². The standard InChI is InChI=1S/C18H29N/c1-15-8-7-11-17(12-15)14-18(19-2)13-16-9-5-3-4-6-10-16/h7-8,11-12,16,18-19H,3-6,9-10,13-14H2,1-2H3. The zero-order chi connectivity index (χ0) is 13.5. The van der Waals surface area contributed by atoms with E-state index in [9.17, 15) is 0 Å². The smallest absolute Gasteiger partial charge is 0.0107 e. The van der Waals surface area contributed by atoms with Gasteiger partial charge in [-0.15, -0.1) is 0 Å². The van der Waals surface area contributed by atoms with Crippen molar-refractivity contribution in [2.24, 2.45) is 5.92 Å². The average molecular weight is 259 g/mol. The predicted octanol–water partition coefficient (Wildman–Crippen LogP) is 4.49. The number of aryl methyl sites for hydroxylation is 1. The van der Waals surface area contributed by atoms with Crippen molar-refractivity contribution in [1.82, 2.24) is 5.32 Å². The molecule has 1 atom stereocenters. The normalized spacial score (nSPS) is 19.1. The number of hydrogen-bond donors (Lipinski definition) is 1. The summed E-state index contributed by atoms with van der Waals surface area (Å²) in [6.07, 6.45) is 11.2. The molecule has 1 saturated carbocycles. The maximum atomic E-state index is 3.54. The molecule has 1 aliphatic rings. The topological polar surface area (TPSA) is 12.0 Å². The Morgan fingerprint density at radius 2 is 1.89 bits per heavy atom. The SMILES string of the molecule is CNC(Cc1cccc(C)c1)CC1CCCCCC1. The van der Waals surface area contributed by atoms with Crippen molar-refractivity contribution in [2.45, 2.75) is 64.3 Å². The van der Waals surface area contributed by atoms with Crippen LogP contribution in [-0.4, -0.2) is 13.1 Å². The van der Waals surface area contributed by atoms with E-state index in [0.29, 0.717) is 6.04 Å². The minimum absolute atomic E-state index is 0.643. The monoisotopic (exact) mass is 259 g/mol. The second kappa shape index (κ2) is 7.69.